The number of aromatic nitrogens is 2. The fourth-order valence-corrected chi connectivity index (χ4v) is 4.71. The van der Waals surface area contributed by atoms with E-state index in [1.54, 1.807) is 11.3 Å². The summed E-state index contributed by atoms with van der Waals surface area (Å²) in [6, 6.07) is 8.85. The third-order valence-electron chi connectivity index (χ3n) is 4.86. The van der Waals surface area contributed by atoms with Gasteiger partial charge in [-0.1, -0.05) is 38.1 Å². The van der Waals surface area contributed by atoms with Crippen molar-refractivity contribution in [3.8, 4) is 11.1 Å². The predicted molar refractivity (Wildman–Crippen MR) is 110 cm³/mol. The molecule has 0 N–H and O–H groups in total. The molecule has 0 spiro atoms. The molecule has 0 unspecified atom stereocenters. The molecule has 3 heterocycles. The summed E-state index contributed by atoms with van der Waals surface area (Å²) in [6.45, 7) is 9.65. The minimum Gasteiger partial charge on any atom is -0.378 e. The fourth-order valence-electron chi connectivity index (χ4n) is 3.45. The topological polar surface area (TPSA) is 38.2 Å². The zero-order valence-corrected chi connectivity index (χ0v) is 16.8. The molecule has 1 saturated heterocycles. The monoisotopic (exact) mass is 387 g/mol. The van der Waals surface area contributed by atoms with Crippen LogP contribution in [0, 0.1) is 6.92 Å². The molecule has 1 fully saturated rings. The summed E-state index contributed by atoms with van der Waals surface area (Å²) in [7, 11) is 0. The van der Waals surface area contributed by atoms with E-state index in [4.69, 9.17) is 16.3 Å². The minimum atomic E-state index is 0.307. The van der Waals surface area contributed by atoms with Gasteiger partial charge in [-0.15, -0.1) is 11.3 Å². The zero-order valence-electron chi connectivity index (χ0n) is 15.3. The predicted octanol–water partition coefficient (Wildman–Crippen LogP) is 5.28. The maximum Gasteiger partial charge on any atom is 0.225 e. The van der Waals surface area contributed by atoms with Gasteiger partial charge in [0.1, 0.15) is 10.6 Å². The Morgan fingerprint density at radius 1 is 1.12 bits per heavy atom. The quantitative estimate of drug-likeness (QED) is 0.573. The van der Waals surface area contributed by atoms with Crippen LogP contribution in [0.3, 0.4) is 0 Å². The summed E-state index contributed by atoms with van der Waals surface area (Å²) < 4.78 is 5.50. The Balaban J connectivity index is 1.90. The molecule has 0 aliphatic carbocycles. The smallest absolute Gasteiger partial charge is 0.225 e. The third kappa shape index (κ3) is 3.20. The van der Waals surface area contributed by atoms with Crippen molar-refractivity contribution < 1.29 is 4.74 Å². The Morgan fingerprint density at radius 3 is 2.46 bits per heavy atom. The van der Waals surface area contributed by atoms with Crippen LogP contribution in [-0.4, -0.2) is 36.3 Å². The molecule has 3 aromatic rings. The van der Waals surface area contributed by atoms with Gasteiger partial charge in [0.05, 0.1) is 18.6 Å². The van der Waals surface area contributed by atoms with Crippen LogP contribution in [-0.2, 0) is 4.74 Å². The first kappa shape index (κ1) is 17.7. The molecule has 4 nitrogen and oxygen atoms in total. The normalized spacial score (nSPS) is 15.2. The lowest BCUT2D eigenvalue weighted by Gasteiger charge is -2.28. The molecule has 0 radical (unpaired) electrons. The van der Waals surface area contributed by atoms with E-state index in [0.717, 1.165) is 29.1 Å². The number of morpholine rings is 1. The lowest BCUT2D eigenvalue weighted by Crippen LogP contribution is -2.37. The standard InChI is InChI=1S/C20H22ClN3OS/c1-12(2)14-4-6-15(7-5-14)16-13(3)26-19-17(16)18(22-20(21)23-19)24-8-10-25-11-9-24/h4-7,12H,8-11H2,1-3H3. The van der Waals surface area contributed by atoms with Crippen LogP contribution in [0.4, 0.5) is 5.82 Å². The highest BCUT2D eigenvalue weighted by molar-refractivity contribution is 7.19. The first-order valence-corrected chi connectivity index (χ1v) is 10.1. The molecule has 1 aliphatic heterocycles. The third-order valence-corrected chi connectivity index (χ3v) is 6.03. The summed E-state index contributed by atoms with van der Waals surface area (Å²) in [6.07, 6.45) is 0. The number of hydrogen-bond donors (Lipinski definition) is 0. The Bertz CT molecular complexity index is 930. The lowest BCUT2D eigenvalue weighted by molar-refractivity contribution is 0.122. The van der Waals surface area contributed by atoms with E-state index in [-0.39, 0.29) is 0 Å². The number of rotatable bonds is 3. The highest BCUT2D eigenvalue weighted by Crippen LogP contribution is 2.42. The van der Waals surface area contributed by atoms with Crippen molar-refractivity contribution >= 4 is 39.0 Å². The number of anilines is 1. The molecule has 0 atom stereocenters. The van der Waals surface area contributed by atoms with Crippen molar-refractivity contribution in [1.29, 1.82) is 0 Å². The van der Waals surface area contributed by atoms with Crippen molar-refractivity contribution in [1.82, 2.24) is 9.97 Å². The molecule has 4 rings (SSSR count). The second-order valence-electron chi connectivity index (χ2n) is 6.91. The van der Waals surface area contributed by atoms with E-state index in [1.165, 1.54) is 21.6 Å². The molecule has 1 aromatic carbocycles. The van der Waals surface area contributed by atoms with Gasteiger partial charge in [-0.25, -0.2) is 4.98 Å². The van der Waals surface area contributed by atoms with Gasteiger partial charge >= 0.3 is 0 Å². The van der Waals surface area contributed by atoms with Gasteiger partial charge in [-0.05, 0) is 35.6 Å². The molecule has 0 bridgehead atoms. The number of thiophene rings is 1. The minimum absolute atomic E-state index is 0.307. The molecule has 0 saturated carbocycles. The van der Waals surface area contributed by atoms with Crippen molar-refractivity contribution in [3.63, 3.8) is 0 Å². The second kappa shape index (κ2) is 7.14. The molecule has 136 valence electrons. The molecule has 0 amide bonds. The van der Waals surface area contributed by atoms with E-state index in [2.05, 4.69) is 59.9 Å². The Kier molecular flexibility index (Phi) is 4.86. The van der Waals surface area contributed by atoms with Crippen molar-refractivity contribution in [2.24, 2.45) is 0 Å². The maximum atomic E-state index is 6.23. The number of hydrogen-bond acceptors (Lipinski definition) is 5. The molecule has 2 aromatic heterocycles. The number of nitrogens with zero attached hydrogens (tertiary/aromatic N) is 3. The SMILES string of the molecule is Cc1sc2nc(Cl)nc(N3CCOCC3)c2c1-c1ccc(C(C)C)cc1. The van der Waals surface area contributed by atoms with Gasteiger partial charge in [0.2, 0.25) is 5.28 Å². The first-order valence-electron chi connectivity index (χ1n) is 8.94. The van der Waals surface area contributed by atoms with Gasteiger partial charge < -0.3 is 9.64 Å². The maximum absolute atomic E-state index is 6.23. The van der Waals surface area contributed by atoms with E-state index in [9.17, 15) is 0 Å². The van der Waals surface area contributed by atoms with E-state index in [1.807, 2.05) is 0 Å². The van der Waals surface area contributed by atoms with Gasteiger partial charge in [-0.2, -0.15) is 4.98 Å². The van der Waals surface area contributed by atoms with Gasteiger partial charge in [0.15, 0.2) is 0 Å². The van der Waals surface area contributed by atoms with Crippen LogP contribution in [0.25, 0.3) is 21.3 Å². The Hall–Kier alpha value is -1.69. The van der Waals surface area contributed by atoms with E-state index >= 15 is 0 Å². The van der Waals surface area contributed by atoms with Crippen molar-refractivity contribution in [2.45, 2.75) is 26.7 Å². The molecule has 1 aliphatic rings. The van der Waals surface area contributed by atoms with Crippen molar-refractivity contribution in [3.05, 3.63) is 40.0 Å². The summed E-state index contributed by atoms with van der Waals surface area (Å²) in [5, 5.41) is 1.41. The van der Waals surface area contributed by atoms with Crippen LogP contribution in [0.5, 0.6) is 0 Å². The molecule has 26 heavy (non-hydrogen) atoms. The highest BCUT2D eigenvalue weighted by Gasteiger charge is 2.23. The second-order valence-corrected chi connectivity index (χ2v) is 8.45. The van der Waals surface area contributed by atoms with Crippen LogP contribution in [0.1, 0.15) is 30.2 Å². The van der Waals surface area contributed by atoms with E-state index in [0.29, 0.717) is 24.4 Å². The summed E-state index contributed by atoms with van der Waals surface area (Å²) in [5.74, 6) is 1.45. The first-order chi connectivity index (χ1) is 12.5. The Morgan fingerprint density at radius 2 is 1.81 bits per heavy atom. The van der Waals surface area contributed by atoms with Crippen LogP contribution in [0.15, 0.2) is 24.3 Å². The van der Waals surface area contributed by atoms with Gasteiger partial charge in [0.25, 0.3) is 0 Å². The summed E-state index contributed by atoms with van der Waals surface area (Å²) in [4.78, 5) is 13.6. The van der Waals surface area contributed by atoms with Crippen LogP contribution >= 0.6 is 22.9 Å². The van der Waals surface area contributed by atoms with Gasteiger partial charge in [0, 0.05) is 23.5 Å². The van der Waals surface area contributed by atoms with Crippen molar-refractivity contribution in [2.75, 3.05) is 31.2 Å². The number of halogens is 1. The summed E-state index contributed by atoms with van der Waals surface area (Å²) in [5.41, 5.74) is 3.77. The van der Waals surface area contributed by atoms with Crippen LogP contribution in [0.2, 0.25) is 5.28 Å². The van der Waals surface area contributed by atoms with Crippen LogP contribution < -0.4 is 4.90 Å². The molecular formula is C20H22ClN3OS. The fraction of sp³-hybridized carbons (Fsp3) is 0.400. The number of benzene rings is 1. The average molecular weight is 388 g/mol. The lowest BCUT2D eigenvalue weighted by atomic mass is 9.97. The zero-order chi connectivity index (χ0) is 18.3. The Labute approximate surface area is 162 Å². The summed E-state index contributed by atoms with van der Waals surface area (Å²) >= 11 is 7.92. The largest absolute Gasteiger partial charge is 0.378 e. The van der Waals surface area contributed by atoms with E-state index < -0.39 is 0 Å². The molecule has 6 heteroatoms. The van der Waals surface area contributed by atoms with Gasteiger partial charge in [-0.3, -0.25) is 0 Å². The highest BCUT2D eigenvalue weighted by atomic mass is 35.5. The molecular weight excluding hydrogens is 366 g/mol. The number of aryl methyl sites for hydroxylation is 1. The number of ether oxygens (including phenoxy) is 1. The number of fused-ring (bicyclic) bond motifs is 1. The average Bonchev–Trinajstić information content (AvgIpc) is 2.97.